The van der Waals surface area contributed by atoms with E-state index in [1.54, 1.807) is 26.0 Å². The van der Waals surface area contributed by atoms with Gasteiger partial charge in [-0.2, -0.15) is 12.7 Å². The van der Waals surface area contributed by atoms with Crippen molar-refractivity contribution in [3.8, 4) is 5.75 Å². The molecular formula is C18H21Cl2NO5S2. The topological polar surface area (TPSA) is 80.8 Å². The predicted octanol–water partition coefficient (Wildman–Crippen LogP) is 4.32. The summed E-state index contributed by atoms with van der Waals surface area (Å²) in [6.07, 6.45) is 0. The molecule has 0 saturated heterocycles. The third-order valence-electron chi connectivity index (χ3n) is 3.89. The standard InChI is InChI=1S/C18H21Cl2NO5S2/c1-4-27(22,23)26-16-8-5-14(6-9-16)12-21(13(2)3)28(24,25)18-11-15(19)7-10-17(18)20/h5-11,13H,4,12H2,1-3H3. The molecule has 0 radical (unpaired) electrons. The molecule has 0 aromatic heterocycles. The third-order valence-corrected chi connectivity index (χ3v) is 7.79. The van der Waals surface area contributed by atoms with Gasteiger partial charge in [0.25, 0.3) is 0 Å². The number of hydrogen-bond acceptors (Lipinski definition) is 5. The molecule has 28 heavy (non-hydrogen) atoms. The maximum Gasteiger partial charge on any atom is 0.308 e. The summed E-state index contributed by atoms with van der Waals surface area (Å²) >= 11 is 12.0. The predicted molar refractivity (Wildman–Crippen MR) is 111 cm³/mol. The maximum atomic E-state index is 13.1. The number of benzene rings is 2. The van der Waals surface area contributed by atoms with Crippen molar-refractivity contribution in [1.29, 1.82) is 0 Å². The van der Waals surface area contributed by atoms with E-state index in [1.807, 2.05) is 0 Å². The van der Waals surface area contributed by atoms with Crippen LogP contribution in [0.3, 0.4) is 0 Å². The van der Waals surface area contributed by atoms with Gasteiger partial charge in [0.15, 0.2) is 0 Å². The minimum Gasteiger partial charge on any atom is -0.382 e. The van der Waals surface area contributed by atoms with Crippen molar-refractivity contribution in [3.05, 3.63) is 58.1 Å². The average Bonchev–Trinajstić information content (AvgIpc) is 2.62. The summed E-state index contributed by atoms with van der Waals surface area (Å²) in [6, 6.07) is 10.1. The maximum absolute atomic E-state index is 13.1. The van der Waals surface area contributed by atoms with Crippen LogP contribution in [-0.4, -0.2) is 32.9 Å². The van der Waals surface area contributed by atoms with Gasteiger partial charge in [0.05, 0.1) is 10.8 Å². The molecule has 0 aliphatic heterocycles. The van der Waals surface area contributed by atoms with Gasteiger partial charge in [-0.3, -0.25) is 0 Å². The van der Waals surface area contributed by atoms with Crippen LogP contribution < -0.4 is 4.18 Å². The highest BCUT2D eigenvalue weighted by molar-refractivity contribution is 7.89. The van der Waals surface area contributed by atoms with Gasteiger partial charge in [-0.05, 0) is 56.7 Å². The molecule has 0 aliphatic carbocycles. The largest absolute Gasteiger partial charge is 0.382 e. The van der Waals surface area contributed by atoms with Crippen LogP contribution in [0.4, 0.5) is 0 Å². The van der Waals surface area contributed by atoms with Gasteiger partial charge >= 0.3 is 10.1 Å². The van der Waals surface area contributed by atoms with Crippen LogP contribution in [0.1, 0.15) is 26.3 Å². The summed E-state index contributed by atoms with van der Waals surface area (Å²) in [5.74, 6) is 0.0246. The molecule has 0 saturated carbocycles. The average molecular weight is 466 g/mol. The molecule has 0 fully saturated rings. The van der Waals surface area contributed by atoms with Crippen molar-refractivity contribution >= 4 is 43.3 Å². The lowest BCUT2D eigenvalue weighted by molar-refractivity contribution is 0.348. The summed E-state index contributed by atoms with van der Waals surface area (Å²) < 4.78 is 55.5. The summed E-state index contributed by atoms with van der Waals surface area (Å²) in [7, 11) is -7.53. The smallest absolute Gasteiger partial charge is 0.308 e. The molecule has 6 nitrogen and oxygen atoms in total. The van der Waals surface area contributed by atoms with E-state index in [-0.39, 0.29) is 39.0 Å². The Morgan fingerprint density at radius 2 is 1.61 bits per heavy atom. The molecule has 0 amide bonds. The minimum absolute atomic E-state index is 0.0654. The van der Waals surface area contributed by atoms with Crippen molar-refractivity contribution in [3.63, 3.8) is 0 Å². The third kappa shape index (κ3) is 5.61. The lowest BCUT2D eigenvalue weighted by atomic mass is 10.2. The molecule has 0 N–H and O–H groups in total. The summed E-state index contributed by atoms with van der Waals surface area (Å²) in [4.78, 5) is -0.0654. The van der Waals surface area contributed by atoms with Crippen LogP contribution in [0.2, 0.25) is 10.0 Å². The first-order chi connectivity index (χ1) is 13.0. The van der Waals surface area contributed by atoms with Crippen molar-refractivity contribution < 1.29 is 21.0 Å². The number of sulfonamides is 1. The van der Waals surface area contributed by atoms with Gasteiger partial charge in [-0.15, -0.1) is 0 Å². The van der Waals surface area contributed by atoms with E-state index >= 15 is 0 Å². The highest BCUT2D eigenvalue weighted by Crippen LogP contribution is 2.30. The molecule has 0 atom stereocenters. The van der Waals surface area contributed by atoms with Gasteiger partial charge in [0.1, 0.15) is 10.6 Å². The van der Waals surface area contributed by atoms with E-state index < -0.39 is 20.1 Å². The second-order valence-corrected chi connectivity index (χ2v) is 10.9. The van der Waals surface area contributed by atoms with Gasteiger partial charge in [-0.25, -0.2) is 8.42 Å². The van der Waals surface area contributed by atoms with Crippen LogP contribution in [0, 0.1) is 0 Å². The van der Waals surface area contributed by atoms with Gasteiger partial charge in [0.2, 0.25) is 10.0 Å². The molecule has 0 spiro atoms. The fraction of sp³-hybridized carbons (Fsp3) is 0.333. The van der Waals surface area contributed by atoms with Crippen molar-refractivity contribution in [2.75, 3.05) is 5.75 Å². The first kappa shape index (κ1) is 23.0. The quantitative estimate of drug-likeness (QED) is 0.542. The van der Waals surface area contributed by atoms with Gasteiger partial charge in [-0.1, -0.05) is 35.3 Å². The van der Waals surface area contributed by atoms with Crippen LogP contribution in [0.5, 0.6) is 5.75 Å². The van der Waals surface area contributed by atoms with Crippen LogP contribution in [0.15, 0.2) is 47.4 Å². The Labute approximate surface area is 176 Å². The Hall–Kier alpha value is -1.32. The number of halogens is 2. The number of nitrogens with zero attached hydrogens (tertiary/aromatic N) is 1. The molecule has 0 heterocycles. The Morgan fingerprint density at radius 1 is 1.00 bits per heavy atom. The van der Waals surface area contributed by atoms with E-state index in [1.165, 1.54) is 41.6 Å². The van der Waals surface area contributed by atoms with Gasteiger partial charge in [0, 0.05) is 17.6 Å². The first-order valence-corrected chi connectivity index (χ1v) is 12.2. The fourth-order valence-electron chi connectivity index (χ4n) is 2.38. The molecule has 2 aromatic carbocycles. The molecule has 0 unspecified atom stereocenters. The Bertz CT molecular complexity index is 1040. The molecule has 154 valence electrons. The second kappa shape index (κ2) is 9.00. The highest BCUT2D eigenvalue weighted by atomic mass is 35.5. The van der Waals surface area contributed by atoms with Gasteiger partial charge < -0.3 is 4.18 Å². The van der Waals surface area contributed by atoms with E-state index in [0.717, 1.165) is 0 Å². The second-order valence-electron chi connectivity index (χ2n) is 6.29. The monoisotopic (exact) mass is 465 g/mol. The summed E-state index contributed by atoms with van der Waals surface area (Å²) in [5.41, 5.74) is 0.664. The van der Waals surface area contributed by atoms with Crippen molar-refractivity contribution in [1.82, 2.24) is 4.31 Å². The molecule has 10 heteroatoms. The highest BCUT2D eigenvalue weighted by Gasteiger charge is 2.29. The SMILES string of the molecule is CCS(=O)(=O)Oc1ccc(CN(C(C)C)S(=O)(=O)c2cc(Cl)ccc2Cl)cc1. The zero-order valence-electron chi connectivity index (χ0n) is 15.6. The minimum atomic E-state index is -3.90. The Kier molecular flexibility index (Phi) is 7.38. The normalized spacial score (nSPS) is 12.5. The molecule has 0 aliphatic rings. The lowest BCUT2D eigenvalue weighted by Crippen LogP contribution is -2.36. The van der Waals surface area contributed by atoms with E-state index in [0.29, 0.717) is 5.56 Å². The number of hydrogen-bond donors (Lipinski definition) is 0. The Balaban J connectivity index is 2.31. The van der Waals surface area contributed by atoms with Crippen LogP contribution >= 0.6 is 23.2 Å². The fourth-order valence-corrected chi connectivity index (χ4v) is 5.27. The van der Waals surface area contributed by atoms with E-state index in [4.69, 9.17) is 27.4 Å². The van der Waals surface area contributed by atoms with E-state index in [2.05, 4.69) is 0 Å². The first-order valence-electron chi connectivity index (χ1n) is 8.44. The van der Waals surface area contributed by atoms with E-state index in [9.17, 15) is 16.8 Å². The molecule has 0 bridgehead atoms. The number of rotatable bonds is 8. The van der Waals surface area contributed by atoms with Crippen molar-refractivity contribution in [2.45, 2.75) is 38.3 Å². The van der Waals surface area contributed by atoms with Crippen molar-refractivity contribution in [2.24, 2.45) is 0 Å². The zero-order valence-corrected chi connectivity index (χ0v) is 18.7. The molecule has 2 aromatic rings. The Morgan fingerprint density at radius 3 is 2.14 bits per heavy atom. The molecule has 2 rings (SSSR count). The summed E-state index contributed by atoms with van der Waals surface area (Å²) in [5, 5.41) is 0.355. The van der Waals surface area contributed by atoms with Crippen LogP contribution in [-0.2, 0) is 26.7 Å². The molecular weight excluding hydrogens is 445 g/mol. The lowest BCUT2D eigenvalue weighted by Gasteiger charge is -2.26. The van der Waals surface area contributed by atoms with Crippen LogP contribution in [0.25, 0.3) is 0 Å². The zero-order chi connectivity index (χ0) is 21.1. The summed E-state index contributed by atoms with van der Waals surface area (Å²) in [6.45, 7) is 5.06.